The normalized spacial score (nSPS) is 23.6. The fourth-order valence-electron chi connectivity index (χ4n) is 4.03. The summed E-state index contributed by atoms with van der Waals surface area (Å²) in [5.41, 5.74) is 3.48. The molecular formula is C20H19BrClNO2. The molecular weight excluding hydrogens is 402 g/mol. The van der Waals surface area contributed by atoms with Crippen LogP contribution in [0.25, 0.3) is 0 Å². The Morgan fingerprint density at radius 3 is 2.80 bits per heavy atom. The number of ether oxygens (including phenoxy) is 2. The summed E-state index contributed by atoms with van der Waals surface area (Å²) >= 11 is 10.1. The van der Waals surface area contributed by atoms with E-state index in [1.165, 1.54) is 5.56 Å². The second-order valence-corrected chi connectivity index (χ2v) is 7.68. The first kappa shape index (κ1) is 16.8. The first-order valence-electron chi connectivity index (χ1n) is 8.27. The first-order valence-corrected chi connectivity index (χ1v) is 9.44. The molecule has 0 radical (unpaired) electrons. The number of nitrogens with one attached hydrogen (secondary N) is 1. The Labute approximate surface area is 161 Å². The molecule has 0 aromatic heterocycles. The number of allylic oxidation sites excluding steroid dienone is 2. The topological polar surface area (TPSA) is 30.5 Å². The van der Waals surface area contributed by atoms with Crippen LogP contribution in [0.3, 0.4) is 0 Å². The molecule has 0 saturated carbocycles. The molecule has 0 spiro atoms. The van der Waals surface area contributed by atoms with Crippen LogP contribution in [0, 0.1) is 5.92 Å². The van der Waals surface area contributed by atoms with E-state index < -0.39 is 0 Å². The Morgan fingerprint density at radius 1 is 1.20 bits per heavy atom. The van der Waals surface area contributed by atoms with E-state index >= 15 is 0 Å². The molecule has 25 heavy (non-hydrogen) atoms. The molecule has 1 heterocycles. The van der Waals surface area contributed by atoms with Crippen LogP contribution in [0.2, 0.25) is 5.02 Å². The van der Waals surface area contributed by atoms with Crippen molar-refractivity contribution in [2.75, 3.05) is 19.5 Å². The van der Waals surface area contributed by atoms with Crippen LogP contribution in [-0.4, -0.2) is 14.2 Å². The molecule has 1 aliphatic heterocycles. The maximum absolute atomic E-state index is 6.48. The van der Waals surface area contributed by atoms with Crippen molar-refractivity contribution in [2.24, 2.45) is 5.92 Å². The highest BCUT2D eigenvalue weighted by Crippen LogP contribution is 2.52. The van der Waals surface area contributed by atoms with Gasteiger partial charge in [-0.05, 0) is 57.6 Å². The summed E-state index contributed by atoms with van der Waals surface area (Å²) in [6.07, 6.45) is 5.62. The molecule has 1 aliphatic carbocycles. The lowest BCUT2D eigenvalue weighted by Crippen LogP contribution is -2.29. The Bertz CT molecular complexity index is 852. The van der Waals surface area contributed by atoms with E-state index in [1.807, 2.05) is 12.1 Å². The van der Waals surface area contributed by atoms with Gasteiger partial charge in [0, 0.05) is 5.92 Å². The van der Waals surface area contributed by atoms with Crippen molar-refractivity contribution < 1.29 is 9.47 Å². The van der Waals surface area contributed by atoms with Gasteiger partial charge in [0.2, 0.25) is 0 Å². The van der Waals surface area contributed by atoms with Crippen molar-refractivity contribution in [3.8, 4) is 11.5 Å². The van der Waals surface area contributed by atoms with Gasteiger partial charge in [-0.1, -0.05) is 35.9 Å². The molecule has 3 nitrogen and oxygen atoms in total. The van der Waals surface area contributed by atoms with Crippen molar-refractivity contribution in [1.82, 2.24) is 0 Å². The summed E-state index contributed by atoms with van der Waals surface area (Å²) in [6.45, 7) is 0. The van der Waals surface area contributed by atoms with Crippen LogP contribution in [0.15, 0.2) is 47.0 Å². The van der Waals surface area contributed by atoms with E-state index in [2.05, 4.69) is 51.6 Å². The van der Waals surface area contributed by atoms with Gasteiger partial charge in [0.15, 0.2) is 11.5 Å². The zero-order valence-electron chi connectivity index (χ0n) is 14.1. The molecule has 2 aliphatic rings. The lowest BCUT2D eigenvalue weighted by molar-refractivity contribution is 0.351. The van der Waals surface area contributed by atoms with Gasteiger partial charge in [-0.25, -0.2) is 0 Å². The molecule has 2 aromatic carbocycles. The third-order valence-electron chi connectivity index (χ3n) is 5.16. The third kappa shape index (κ3) is 2.72. The average Bonchev–Trinajstić information content (AvgIpc) is 3.10. The molecule has 1 N–H and O–H groups in total. The van der Waals surface area contributed by atoms with E-state index in [1.54, 1.807) is 14.2 Å². The SMILES string of the molecule is COc1cc([C@@H]2Nc3c(Cl)cccc3[C@H]3C=CC[C@@H]32)cc(Br)c1OC. The number of anilines is 1. The van der Waals surface area contributed by atoms with Gasteiger partial charge < -0.3 is 14.8 Å². The van der Waals surface area contributed by atoms with E-state index in [9.17, 15) is 0 Å². The molecule has 4 rings (SSSR count). The van der Waals surface area contributed by atoms with Crippen LogP contribution in [0.4, 0.5) is 5.69 Å². The van der Waals surface area contributed by atoms with Gasteiger partial charge >= 0.3 is 0 Å². The Balaban J connectivity index is 1.82. The van der Waals surface area contributed by atoms with E-state index in [-0.39, 0.29) is 6.04 Å². The highest BCUT2D eigenvalue weighted by molar-refractivity contribution is 9.10. The minimum Gasteiger partial charge on any atom is -0.493 e. The maximum atomic E-state index is 6.48. The lowest BCUT2D eigenvalue weighted by Gasteiger charge is -2.38. The molecule has 0 fully saturated rings. The van der Waals surface area contributed by atoms with Crippen LogP contribution in [-0.2, 0) is 0 Å². The molecule has 3 atom stereocenters. The largest absolute Gasteiger partial charge is 0.493 e. The molecule has 0 saturated heterocycles. The van der Waals surface area contributed by atoms with Crippen LogP contribution < -0.4 is 14.8 Å². The molecule has 0 bridgehead atoms. The van der Waals surface area contributed by atoms with Gasteiger partial charge in [0.1, 0.15) is 0 Å². The second kappa shape index (κ2) is 6.58. The number of halogens is 2. The monoisotopic (exact) mass is 419 g/mol. The smallest absolute Gasteiger partial charge is 0.174 e. The predicted molar refractivity (Wildman–Crippen MR) is 105 cm³/mol. The number of benzene rings is 2. The Kier molecular flexibility index (Phi) is 4.42. The zero-order valence-corrected chi connectivity index (χ0v) is 16.4. The molecule has 130 valence electrons. The molecule has 2 aromatic rings. The van der Waals surface area contributed by atoms with Gasteiger partial charge in [0.25, 0.3) is 0 Å². The maximum Gasteiger partial charge on any atom is 0.174 e. The fourth-order valence-corrected chi connectivity index (χ4v) is 4.89. The van der Waals surface area contributed by atoms with Crippen molar-refractivity contribution >= 4 is 33.2 Å². The number of rotatable bonds is 3. The van der Waals surface area contributed by atoms with E-state index in [0.29, 0.717) is 17.6 Å². The number of fused-ring (bicyclic) bond motifs is 3. The van der Waals surface area contributed by atoms with E-state index in [4.69, 9.17) is 21.1 Å². The molecule has 0 amide bonds. The summed E-state index contributed by atoms with van der Waals surface area (Å²) in [5.74, 6) is 2.27. The predicted octanol–water partition coefficient (Wildman–Crippen LogP) is 5.95. The van der Waals surface area contributed by atoms with Crippen molar-refractivity contribution in [3.05, 3.63) is 63.1 Å². The standard InChI is InChI=1S/C20H19BrClNO2/c1-24-17-10-11(9-15(21)20(17)25-2)18-13-6-3-5-12(13)14-7-4-8-16(22)19(14)23-18/h3-5,7-10,12-13,18,23H,6H2,1-2H3/t12-,13-,18-/m0/s1. The second-order valence-electron chi connectivity index (χ2n) is 6.42. The summed E-state index contributed by atoms with van der Waals surface area (Å²) in [5, 5.41) is 4.44. The Morgan fingerprint density at radius 2 is 2.04 bits per heavy atom. The van der Waals surface area contributed by atoms with E-state index in [0.717, 1.165) is 32.9 Å². The molecule has 5 heteroatoms. The average molecular weight is 421 g/mol. The quantitative estimate of drug-likeness (QED) is 0.623. The van der Waals surface area contributed by atoms with Crippen LogP contribution >= 0.6 is 27.5 Å². The fraction of sp³-hybridized carbons (Fsp3) is 0.300. The lowest BCUT2D eigenvalue weighted by atomic mass is 9.77. The Hall–Kier alpha value is -1.65. The number of hydrogen-bond donors (Lipinski definition) is 1. The summed E-state index contributed by atoms with van der Waals surface area (Å²) in [4.78, 5) is 0. The minimum atomic E-state index is 0.156. The van der Waals surface area contributed by atoms with Crippen molar-refractivity contribution in [1.29, 1.82) is 0 Å². The summed E-state index contributed by atoms with van der Waals surface area (Å²) in [6, 6.07) is 10.5. The molecule has 0 unspecified atom stereocenters. The van der Waals surface area contributed by atoms with Gasteiger partial charge in [-0.3, -0.25) is 0 Å². The number of para-hydroxylation sites is 1. The van der Waals surface area contributed by atoms with Gasteiger partial charge in [-0.15, -0.1) is 0 Å². The first-order chi connectivity index (χ1) is 12.1. The van der Waals surface area contributed by atoms with Crippen LogP contribution in [0.5, 0.6) is 11.5 Å². The summed E-state index contributed by atoms with van der Waals surface area (Å²) in [7, 11) is 3.31. The number of methoxy groups -OCH3 is 2. The highest BCUT2D eigenvalue weighted by atomic mass is 79.9. The minimum absolute atomic E-state index is 0.156. The van der Waals surface area contributed by atoms with Crippen molar-refractivity contribution in [2.45, 2.75) is 18.4 Å². The summed E-state index contributed by atoms with van der Waals surface area (Å²) < 4.78 is 11.9. The third-order valence-corrected chi connectivity index (χ3v) is 6.06. The van der Waals surface area contributed by atoms with Crippen LogP contribution in [0.1, 0.15) is 29.5 Å². The van der Waals surface area contributed by atoms with Gasteiger partial charge in [0.05, 0.1) is 35.4 Å². The van der Waals surface area contributed by atoms with Crippen molar-refractivity contribution in [3.63, 3.8) is 0 Å². The zero-order chi connectivity index (χ0) is 17.6. The van der Waals surface area contributed by atoms with Gasteiger partial charge in [-0.2, -0.15) is 0 Å². The highest BCUT2D eigenvalue weighted by Gasteiger charge is 2.39. The number of hydrogen-bond acceptors (Lipinski definition) is 3.